The zero-order valence-electron chi connectivity index (χ0n) is 8.91. The lowest BCUT2D eigenvalue weighted by atomic mass is 10.1. The van der Waals surface area contributed by atoms with E-state index in [9.17, 15) is 13.6 Å². The Balaban J connectivity index is 2.15. The molecule has 1 atom stereocenters. The molecule has 1 fully saturated rings. The van der Waals surface area contributed by atoms with Crippen LogP contribution in [0.5, 0.6) is 0 Å². The van der Waals surface area contributed by atoms with Crippen molar-refractivity contribution in [3.05, 3.63) is 29.3 Å². The summed E-state index contributed by atoms with van der Waals surface area (Å²) in [7, 11) is 0. The predicted octanol–water partition coefficient (Wildman–Crippen LogP) is 1.49. The minimum atomic E-state index is -1.13. The van der Waals surface area contributed by atoms with Crippen LogP contribution in [0, 0.1) is 11.6 Å². The maximum absolute atomic E-state index is 13.0. The maximum Gasteiger partial charge on any atom is 0.340 e. The molecule has 1 unspecified atom stereocenters. The first-order valence-corrected chi connectivity index (χ1v) is 5.11. The fourth-order valence-electron chi connectivity index (χ4n) is 1.56. The highest BCUT2D eigenvalue weighted by atomic mass is 19.2. The van der Waals surface area contributed by atoms with Crippen LogP contribution in [0.15, 0.2) is 12.1 Å². The number of hydrogen-bond donors (Lipinski definition) is 1. The highest BCUT2D eigenvalue weighted by molar-refractivity contribution is 5.95. The first-order chi connectivity index (χ1) is 8.08. The van der Waals surface area contributed by atoms with Gasteiger partial charge in [0, 0.05) is 18.2 Å². The van der Waals surface area contributed by atoms with Crippen LogP contribution < -0.4 is 5.73 Å². The largest absolute Gasteiger partial charge is 0.456 e. The van der Waals surface area contributed by atoms with E-state index >= 15 is 0 Å². The van der Waals surface area contributed by atoms with E-state index in [0.29, 0.717) is 19.6 Å². The van der Waals surface area contributed by atoms with Gasteiger partial charge in [-0.15, -0.1) is 0 Å². The smallest absolute Gasteiger partial charge is 0.340 e. The fourth-order valence-corrected chi connectivity index (χ4v) is 1.56. The predicted molar refractivity (Wildman–Crippen MR) is 55.4 cm³/mol. The van der Waals surface area contributed by atoms with Crippen LogP contribution in [0.1, 0.15) is 16.8 Å². The van der Waals surface area contributed by atoms with Crippen molar-refractivity contribution < 1.29 is 23.0 Å². The van der Waals surface area contributed by atoms with Crippen LogP contribution >= 0.6 is 0 Å². The monoisotopic (exact) mass is 243 g/mol. The number of ether oxygens (including phenoxy) is 2. The van der Waals surface area contributed by atoms with Crippen LogP contribution in [-0.4, -0.2) is 25.3 Å². The summed E-state index contributed by atoms with van der Waals surface area (Å²) in [6.07, 6.45) is 0.241. The van der Waals surface area contributed by atoms with Crippen molar-refractivity contribution in [3.8, 4) is 0 Å². The van der Waals surface area contributed by atoms with E-state index in [1.54, 1.807) is 0 Å². The minimum absolute atomic E-state index is 0.146. The SMILES string of the molecule is Nc1cc(F)c(F)cc1C(=O)OC1CCOC1. The van der Waals surface area contributed by atoms with Gasteiger partial charge in [-0.1, -0.05) is 0 Å². The number of nitrogens with two attached hydrogens (primary N) is 1. The molecule has 1 heterocycles. The van der Waals surface area contributed by atoms with E-state index in [0.717, 1.165) is 12.1 Å². The van der Waals surface area contributed by atoms with Crippen molar-refractivity contribution in [1.82, 2.24) is 0 Å². The molecule has 0 aliphatic carbocycles. The second-order valence-corrected chi connectivity index (χ2v) is 3.74. The summed E-state index contributed by atoms with van der Waals surface area (Å²) in [6.45, 7) is 0.834. The standard InChI is InChI=1S/C11H11F2NO3/c12-8-3-7(10(14)4-9(8)13)11(15)17-6-1-2-16-5-6/h3-4,6H,1-2,5,14H2. The summed E-state index contributed by atoms with van der Waals surface area (Å²) in [5.74, 6) is -2.99. The van der Waals surface area contributed by atoms with Crippen molar-refractivity contribution in [2.75, 3.05) is 18.9 Å². The van der Waals surface area contributed by atoms with Gasteiger partial charge in [-0.2, -0.15) is 0 Å². The molecule has 92 valence electrons. The Morgan fingerprint density at radius 3 is 2.76 bits per heavy atom. The number of anilines is 1. The zero-order chi connectivity index (χ0) is 12.4. The van der Waals surface area contributed by atoms with Crippen molar-refractivity contribution >= 4 is 11.7 Å². The summed E-state index contributed by atoms with van der Waals surface area (Å²) in [5.41, 5.74) is 5.11. The maximum atomic E-state index is 13.0. The summed E-state index contributed by atoms with van der Waals surface area (Å²) in [5, 5.41) is 0. The van der Waals surface area contributed by atoms with E-state index in [1.165, 1.54) is 0 Å². The molecule has 1 aromatic rings. The third kappa shape index (κ3) is 2.52. The van der Waals surface area contributed by atoms with Crippen LogP contribution in [0.4, 0.5) is 14.5 Å². The van der Waals surface area contributed by atoms with E-state index in [1.807, 2.05) is 0 Å². The van der Waals surface area contributed by atoms with Crippen molar-refractivity contribution in [3.63, 3.8) is 0 Å². The lowest BCUT2D eigenvalue weighted by Crippen LogP contribution is -2.19. The van der Waals surface area contributed by atoms with Gasteiger partial charge < -0.3 is 15.2 Å². The van der Waals surface area contributed by atoms with Crippen molar-refractivity contribution in [2.45, 2.75) is 12.5 Å². The Kier molecular flexibility index (Phi) is 3.23. The highest BCUT2D eigenvalue weighted by Crippen LogP contribution is 2.19. The zero-order valence-corrected chi connectivity index (χ0v) is 8.91. The molecule has 0 amide bonds. The average Bonchev–Trinajstić information content (AvgIpc) is 2.76. The Morgan fingerprint density at radius 2 is 2.12 bits per heavy atom. The van der Waals surface area contributed by atoms with Gasteiger partial charge in [0.05, 0.1) is 18.8 Å². The van der Waals surface area contributed by atoms with Crippen molar-refractivity contribution in [2.24, 2.45) is 0 Å². The normalized spacial score (nSPS) is 19.3. The van der Waals surface area contributed by atoms with Gasteiger partial charge in [0.1, 0.15) is 6.10 Å². The molecule has 1 aromatic carbocycles. The number of carbonyl (C=O) groups excluding carboxylic acids is 1. The quantitative estimate of drug-likeness (QED) is 0.631. The van der Waals surface area contributed by atoms with E-state index in [2.05, 4.69) is 0 Å². The van der Waals surface area contributed by atoms with Gasteiger partial charge in [-0.05, 0) is 6.07 Å². The molecular weight excluding hydrogens is 232 g/mol. The molecule has 6 heteroatoms. The second kappa shape index (κ2) is 4.67. The number of rotatable bonds is 2. The Morgan fingerprint density at radius 1 is 1.41 bits per heavy atom. The van der Waals surface area contributed by atoms with Gasteiger partial charge in [-0.3, -0.25) is 0 Å². The van der Waals surface area contributed by atoms with E-state index in [-0.39, 0.29) is 17.4 Å². The highest BCUT2D eigenvalue weighted by Gasteiger charge is 2.23. The van der Waals surface area contributed by atoms with Crippen LogP contribution in [-0.2, 0) is 9.47 Å². The molecule has 0 saturated carbocycles. The molecule has 17 heavy (non-hydrogen) atoms. The summed E-state index contributed by atoms with van der Waals surface area (Å²) >= 11 is 0. The first-order valence-electron chi connectivity index (χ1n) is 5.11. The third-order valence-electron chi connectivity index (χ3n) is 2.47. The molecule has 1 saturated heterocycles. The van der Waals surface area contributed by atoms with Gasteiger partial charge in [0.15, 0.2) is 11.6 Å². The molecular formula is C11H11F2NO3. The number of carbonyl (C=O) groups is 1. The summed E-state index contributed by atoms with van der Waals surface area (Å²) < 4.78 is 35.8. The fraction of sp³-hybridized carbons (Fsp3) is 0.364. The van der Waals surface area contributed by atoms with Gasteiger partial charge in [0.2, 0.25) is 0 Å². The summed E-state index contributed by atoms with van der Waals surface area (Å²) in [4.78, 5) is 11.6. The molecule has 0 aromatic heterocycles. The lowest BCUT2D eigenvalue weighted by Gasteiger charge is -2.11. The molecule has 4 nitrogen and oxygen atoms in total. The first kappa shape index (κ1) is 11.8. The van der Waals surface area contributed by atoms with Gasteiger partial charge in [-0.25, -0.2) is 13.6 Å². The van der Waals surface area contributed by atoms with Crippen LogP contribution in [0.3, 0.4) is 0 Å². The number of esters is 1. The third-order valence-corrected chi connectivity index (χ3v) is 2.47. The molecule has 1 aliphatic rings. The second-order valence-electron chi connectivity index (χ2n) is 3.74. The number of benzene rings is 1. The van der Waals surface area contributed by atoms with E-state index < -0.39 is 17.6 Å². The van der Waals surface area contributed by atoms with Crippen LogP contribution in [0.25, 0.3) is 0 Å². The molecule has 2 rings (SSSR count). The number of halogens is 2. The number of nitrogen functional groups attached to an aromatic ring is 1. The van der Waals surface area contributed by atoms with Crippen LogP contribution in [0.2, 0.25) is 0 Å². The van der Waals surface area contributed by atoms with Crippen molar-refractivity contribution in [1.29, 1.82) is 0 Å². The minimum Gasteiger partial charge on any atom is -0.456 e. The topological polar surface area (TPSA) is 61.6 Å². The van der Waals surface area contributed by atoms with Gasteiger partial charge in [0.25, 0.3) is 0 Å². The molecule has 0 radical (unpaired) electrons. The van der Waals surface area contributed by atoms with E-state index in [4.69, 9.17) is 15.2 Å². The molecule has 1 aliphatic heterocycles. The molecule has 0 spiro atoms. The average molecular weight is 243 g/mol. The number of hydrogen-bond acceptors (Lipinski definition) is 4. The Hall–Kier alpha value is -1.69. The Bertz CT molecular complexity index is 445. The summed E-state index contributed by atoms with van der Waals surface area (Å²) in [6, 6.07) is 1.50. The lowest BCUT2D eigenvalue weighted by molar-refractivity contribution is 0.0271. The molecule has 2 N–H and O–H groups in total. The Labute approximate surface area is 96.3 Å². The molecule has 0 bridgehead atoms. The van der Waals surface area contributed by atoms with Gasteiger partial charge >= 0.3 is 5.97 Å².